The summed E-state index contributed by atoms with van der Waals surface area (Å²) in [5.41, 5.74) is 3.07. The highest BCUT2D eigenvalue weighted by Crippen LogP contribution is 2.52. The van der Waals surface area contributed by atoms with E-state index < -0.39 is 6.23 Å². The van der Waals surface area contributed by atoms with Gasteiger partial charge in [0.25, 0.3) is 0 Å². The number of hydrazone groups is 1. The van der Waals surface area contributed by atoms with Crippen LogP contribution in [0.15, 0.2) is 59.7 Å². The molecule has 0 spiro atoms. The second-order valence-electron chi connectivity index (χ2n) is 7.96. The maximum absolute atomic E-state index is 10.6. The molecule has 5 rings (SSSR count). The molecule has 2 heterocycles. The summed E-state index contributed by atoms with van der Waals surface area (Å²) in [5.74, 6) is 3.25. The van der Waals surface area contributed by atoms with Crippen molar-refractivity contribution in [3.8, 4) is 34.5 Å². The van der Waals surface area contributed by atoms with Gasteiger partial charge < -0.3 is 28.8 Å². The molecule has 8 heteroatoms. The summed E-state index contributed by atoms with van der Waals surface area (Å²) in [6.07, 6.45) is -0.0448. The quantitative estimate of drug-likeness (QED) is 0.570. The largest absolute Gasteiger partial charge is 0.507 e. The number of nitrogens with zero attached hydrogens (tertiary/aromatic N) is 2. The zero-order chi connectivity index (χ0) is 23.8. The first-order valence-electron chi connectivity index (χ1n) is 10.9. The highest BCUT2D eigenvalue weighted by molar-refractivity contribution is 6.04. The highest BCUT2D eigenvalue weighted by Gasteiger charge is 2.43. The fourth-order valence-corrected chi connectivity index (χ4v) is 4.59. The van der Waals surface area contributed by atoms with Crippen LogP contribution in [0.1, 0.15) is 35.4 Å². The monoisotopic (exact) mass is 462 g/mol. The number of benzene rings is 3. The molecule has 3 aromatic rings. The lowest BCUT2D eigenvalue weighted by molar-refractivity contribution is -0.0223. The van der Waals surface area contributed by atoms with Crippen molar-refractivity contribution in [2.45, 2.75) is 18.7 Å². The molecule has 0 fully saturated rings. The molecule has 0 saturated carbocycles. The molecule has 176 valence electrons. The van der Waals surface area contributed by atoms with Crippen molar-refractivity contribution in [1.82, 2.24) is 5.01 Å². The van der Waals surface area contributed by atoms with Gasteiger partial charge in [-0.25, -0.2) is 5.01 Å². The van der Waals surface area contributed by atoms with Crippen molar-refractivity contribution in [2.24, 2.45) is 5.10 Å². The normalized spacial score (nSPS) is 18.4. The number of methoxy groups -OCH3 is 4. The molecule has 0 unspecified atom stereocenters. The molecule has 8 nitrogen and oxygen atoms in total. The number of para-hydroxylation sites is 2. The van der Waals surface area contributed by atoms with Gasteiger partial charge in [0, 0.05) is 17.5 Å². The Labute approximate surface area is 197 Å². The highest BCUT2D eigenvalue weighted by atomic mass is 16.5. The number of ether oxygens (including phenoxy) is 5. The average molecular weight is 463 g/mol. The predicted octanol–water partition coefficient (Wildman–Crippen LogP) is 4.67. The van der Waals surface area contributed by atoms with Gasteiger partial charge in [-0.15, -0.1) is 0 Å². The fraction of sp³-hybridized carbons (Fsp3) is 0.269. The molecule has 0 bridgehead atoms. The molecule has 0 aromatic heterocycles. The number of aromatic hydroxyl groups is 1. The molecule has 0 radical (unpaired) electrons. The van der Waals surface area contributed by atoms with Gasteiger partial charge in [0.15, 0.2) is 23.0 Å². The summed E-state index contributed by atoms with van der Waals surface area (Å²) in [4.78, 5) is 0. The Morgan fingerprint density at radius 3 is 2.32 bits per heavy atom. The second-order valence-corrected chi connectivity index (χ2v) is 7.96. The van der Waals surface area contributed by atoms with Crippen LogP contribution in [0.3, 0.4) is 0 Å². The lowest BCUT2D eigenvalue weighted by atomic mass is 9.95. The van der Waals surface area contributed by atoms with Gasteiger partial charge >= 0.3 is 0 Å². The van der Waals surface area contributed by atoms with Gasteiger partial charge in [0.05, 0.1) is 45.8 Å². The van der Waals surface area contributed by atoms with E-state index in [-0.39, 0.29) is 11.8 Å². The predicted molar refractivity (Wildman–Crippen MR) is 126 cm³/mol. The summed E-state index contributed by atoms with van der Waals surface area (Å²) in [6, 6.07) is 16.5. The van der Waals surface area contributed by atoms with E-state index in [1.54, 1.807) is 46.6 Å². The van der Waals surface area contributed by atoms with Crippen molar-refractivity contribution in [2.75, 3.05) is 28.4 Å². The van der Waals surface area contributed by atoms with Gasteiger partial charge in [-0.3, -0.25) is 0 Å². The standard InChI is InChI=1S/C26H26N2O6/c1-30-15-11-12-21(29)18(13-15)19-14-20-16-7-5-10-23(32-3)25(16)34-26(28(20)27-19)17-8-6-9-22(31-2)24(17)33-4/h5-13,20,26,29H,14H2,1-4H3/t20-,26-/m1/s1. The van der Waals surface area contributed by atoms with E-state index in [1.807, 2.05) is 41.4 Å². The molecule has 2 aliphatic heterocycles. The van der Waals surface area contributed by atoms with Crippen molar-refractivity contribution >= 4 is 5.71 Å². The van der Waals surface area contributed by atoms with Gasteiger partial charge in [-0.05, 0) is 36.4 Å². The van der Waals surface area contributed by atoms with Gasteiger partial charge in [-0.2, -0.15) is 5.10 Å². The van der Waals surface area contributed by atoms with E-state index in [0.717, 1.165) is 16.8 Å². The topological polar surface area (TPSA) is 82.0 Å². The van der Waals surface area contributed by atoms with Crippen molar-refractivity contribution in [1.29, 1.82) is 0 Å². The third-order valence-corrected chi connectivity index (χ3v) is 6.21. The van der Waals surface area contributed by atoms with E-state index in [2.05, 4.69) is 0 Å². The minimum absolute atomic E-state index is 0.139. The Morgan fingerprint density at radius 2 is 1.62 bits per heavy atom. The zero-order valence-electron chi connectivity index (χ0n) is 19.4. The van der Waals surface area contributed by atoms with Crippen LogP contribution < -0.4 is 23.7 Å². The molecular weight excluding hydrogens is 436 g/mol. The van der Waals surface area contributed by atoms with Crippen LogP contribution in [0.25, 0.3) is 0 Å². The van der Waals surface area contributed by atoms with Gasteiger partial charge in [-0.1, -0.05) is 18.2 Å². The molecule has 0 saturated heterocycles. The van der Waals surface area contributed by atoms with E-state index in [4.69, 9.17) is 28.8 Å². The lowest BCUT2D eigenvalue weighted by Crippen LogP contribution is -2.34. The van der Waals surface area contributed by atoms with Crippen molar-refractivity contribution < 1.29 is 28.8 Å². The van der Waals surface area contributed by atoms with Crippen LogP contribution in [-0.2, 0) is 0 Å². The first-order valence-corrected chi connectivity index (χ1v) is 10.9. The Morgan fingerprint density at radius 1 is 0.882 bits per heavy atom. The molecule has 34 heavy (non-hydrogen) atoms. The van der Waals surface area contributed by atoms with E-state index >= 15 is 0 Å². The van der Waals surface area contributed by atoms with Crippen LogP contribution in [0.2, 0.25) is 0 Å². The fourth-order valence-electron chi connectivity index (χ4n) is 4.59. The van der Waals surface area contributed by atoms with Crippen molar-refractivity contribution in [3.05, 3.63) is 71.3 Å². The molecule has 0 aliphatic carbocycles. The number of fused-ring (bicyclic) bond motifs is 3. The third kappa shape index (κ3) is 3.42. The summed E-state index contributed by atoms with van der Waals surface area (Å²) in [7, 11) is 6.42. The maximum Gasteiger partial charge on any atom is 0.217 e. The first kappa shape index (κ1) is 21.8. The summed E-state index contributed by atoms with van der Waals surface area (Å²) < 4.78 is 28.7. The number of hydrogen-bond donors (Lipinski definition) is 1. The van der Waals surface area contributed by atoms with E-state index in [9.17, 15) is 5.11 Å². The number of phenols is 1. The number of phenolic OH excluding ortho intramolecular Hbond substituents is 1. The Bertz CT molecular complexity index is 1260. The Hall–Kier alpha value is -4.07. The summed E-state index contributed by atoms with van der Waals surface area (Å²) in [5, 5.41) is 17.4. The third-order valence-electron chi connectivity index (χ3n) is 6.21. The first-order chi connectivity index (χ1) is 16.6. The van der Waals surface area contributed by atoms with Crippen LogP contribution in [0.4, 0.5) is 0 Å². The van der Waals surface area contributed by atoms with Crippen molar-refractivity contribution in [3.63, 3.8) is 0 Å². The van der Waals surface area contributed by atoms with Crippen LogP contribution in [0, 0.1) is 0 Å². The van der Waals surface area contributed by atoms with Gasteiger partial charge in [0.1, 0.15) is 11.5 Å². The van der Waals surface area contributed by atoms with E-state index in [0.29, 0.717) is 40.7 Å². The summed E-state index contributed by atoms with van der Waals surface area (Å²) in [6.45, 7) is 0. The molecule has 2 aliphatic rings. The zero-order valence-corrected chi connectivity index (χ0v) is 19.4. The second kappa shape index (κ2) is 8.70. The minimum Gasteiger partial charge on any atom is -0.507 e. The number of rotatable bonds is 6. The van der Waals surface area contributed by atoms with Crippen LogP contribution in [-0.4, -0.2) is 44.3 Å². The van der Waals surface area contributed by atoms with Crippen LogP contribution >= 0.6 is 0 Å². The molecule has 3 aromatic carbocycles. The molecule has 1 N–H and O–H groups in total. The maximum atomic E-state index is 10.6. The summed E-state index contributed by atoms with van der Waals surface area (Å²) >= 11 is 0. The lowest BCUT2D eigenvalue weighted by Gasteiger charge is -2.39. The average Bonchev–Trinajstić information content (AvgIpc) is 3.33. The van der Waals surface area contributed by atoms with E-state index in [1.165, 1.54) is 0 Å². The smallest absolute Gasteiger partial charge is 0.217 e. The Balaban J connectivity index is 1.67. The molecular formula is C26H26N2O6. The number of hydrogen-bond acceptors (Lipinski definition) is 8. The van der Waals surface area contributed by atoms with Gasteiger partial charge in [0.2, 0.25) is 6.23 Å². The van der Waals surface area contributed by atoms with Crippen LogP contribution in [0.5, 0.6) is 34.5 Å². The Kier molecular flexibility index (Phi) is 5.57. The minimum atomic E-state index is -0.607. The molecule has 2 atom stereocenters. The molecule has 0 amide bonds. The SMILES string of the molecule is COc1ccc(O)c(C2=NN3[C@H](C2)c2cccc(OC)c2O[C@@H]3c2cccc(OC)c2OC)c1.